The molecule has 0 aromatic heterocycles. The Kier molecular flexibility index (Phi) is 4.06. The first-order valence-electron chi connectivity index (χ1n) is 7.27. The highest BCUT2D eigenvalue weighted by molar-refractivity contribution is 5.89. The molecule has 0 aliphatic carbocycles. The molecule has 0 bridgehead atoms. The van der Waals surface area contributed by atoms with E-state index in [1.165, 1.54) is 5.56 Å². The summed E-state index contributed by atoms with van der Waals surface area (Å²) in [7, 11) is 0. The second-order valence-electron chi connectivity index (χ2n) is 5.94. The van der Waals surface area contributed by atoms with E-state index in [0.717, 1.165) is 12.0 Å². The Morgan fingerprint density at radius 1 is 1.38 bits per heavy atom. The molecule has 1 aromatic carbocycles. The van der Waals surface area contributed by atoms with Gasteiger partial charge in [-0.1, -0.05) is 38.1 Å². The van der Waals surface area contributed by atoms with Crippen molar-refractivity contribution in [2.24, 2.45) is 5.92 Å². The van der Waals surface area contributed by atoms with Crippen molar-refractivity contribution in [3.63, 3.8) is 0 Å². The normalized spacial score (nSPS) is 27.2. The molecule has 0 spiro atoms. The molecule has 1 saturated heterocycles. The smallest absolute Gasteiger partial charge is 0.357 e. The number of rotatable bonds is 5. The monoisotopic (exact) mass is 287 g/mol. The Balaban J connectivity index is 2.23. The minimum atomic E-state index is -1.51. The molecular formula is C17H21NO3. The van der Waals surface area contributed by atoms with E-state index in [4.69, 9.17) is 9.47 Å². The second-order valence-corrected chi connectivity index (χ2v) is 5.94. The van der Waals surface area contributed by atoms with Crippen molar-refractivity contribution in [2.75, 3.05) is 6.61 Å². The van der Waals surface area contributed by atoms with Gasteiger partial charge in [-0.2, -0.15) is 5.26 Å². The highest BCUT2D eigenvalue weighted by Crippen LogP contribution is 2.55. The van der Waals surface area contributed by atoms with Crippen LogP contribution in [-0.2, 0) is 26.3 Å². The Morgan fingerprint density at radius 2 is 2.00 bits per heavy atom. The zero-order chi connectivity index (χ0) is 15.7. The summed E-state index contributed by atoms with van der Waals surface area (Å²) in [5.74, 6) is -0.0254. The van der Waals surface area contributed by atoms with Gasteiger partial charge in [-0.25, -0.2) is 4.79 Å². The van der Waals surface area contributed by atoms with Crippen LogP contribution in [0.3, 0.4) is 0 Å². The van der Waals surface area contributed by atoms with E-state index in [1.807, 2.05) is 30.3 Å². The van der Waals surface area contributed by atoms with Crippen LogP contribution in [0, 0.1) is 17.2 Å². The first-order chi connectivity index (χ1) is 9.89. The third-order valence-corrected chi connectivity index (χ3v) is 3.86. The van der Waals surface area contributed by atoms with E-state index in [-0.39, 0.29) is 6.61 Å². The van der Waals surface area contributed by atoms with Gasteiger partial charge in [0.05, 0.1) is 6.61 Å². The van der Waals surface area contributed by atoms with Crippen LogP contribution in [0.15, 0.2) is 24.3 Å². The third-order valence-electron chi connectivity index (χ3n) is 3.86. The lowest BCUT2D eigenvalue weighted by Crippen LogP contribution is -2.32. The van der Waals surface area contributed by atoms with Crippen LogP contribution in [0.25, 0.3) is 0 Å². The molecule has 4 heteroatoms. The zero-order valence-corrected chi connectivity index (χ0v) is 13.0. The summed E-state index contributed by atoms with van der Waals surface area (Å²) in [6.07, 6.45) is 0.999. The van der Waals surface area contributed by atoms with Crippen molar-refractivity contribution >= 4 is 5.97 Å². The molecule has 0 radical (unpaired) electrons. The van der Waals surface area contributed by atoms with E-state index in [2.05, 4.69) is 13.8 Å². The van der Waals surface area contributed by atoms with Gasteiger partial charge in [0.15, 0.2) is 0 Å². The molecule has 1 heterocycles. The van der Waals surface area contributed by atoms with Crippen molar-refractivity contribution in [1.82, 2.24) is 0 Å². The van der Waals surface area contributed by atoms with Crippen molar-refractivity contribution < 1.29 is 14.3 Å². The van der Waals surface area contributed by atoms with Crippen molar-refractivity contribution in [2.45, 2.75) is 45.3 Å². The van der Waals surface area contributed by atoms with Crippen LogP contribution >= 0.6 is 0 Å². The summed E-state index contributed by atoms with van der Waals surface area (Å²) in [5, 5.41) is 9.35. The summed E-state index contributed by atoms with van der Waals surface area (Å²) in [5.41, 5.74) is -0.381. The van der Waals surface area contributed by atoms with Crippen LogP contribution in [-0.4, -0.2) is 18.2 Å². The van der Waals surface area contributed by atoms with Crippen LogP contribution in [0.2, 0.25) is 0 Å². The maximum atomic E-state index is 12.0. The molecule has 1 aromatic rings. The minimum absolute atomic E-state index is 0.231. The largest absolute Gasteiger partial charge is 0.463 e. The highest BCUT2D eigenvalue weighted by Gasteiger charge is 2.75. The van der Waals surface area contributed by atoms with Crippen LogP contribution in [0.4, 0.5) is 0 Å². The predicted octanol–water partition coefficient (Wildman–Crippen LogP) is 2.96. The van der Waals surface area contributed by atoms with Gasteiger partial charge in [0.25, 0.3) is 5.60 Å². The lowest BCUT2D eigenvalue weighted by molar-refractivity contribution is -0.147. The molecule has 4 nitrogen and oxygen atoms in total. The summed E-state index contributed by atoms with van der Waals surface area (Å²) in [4.78, 5) is 12.0. The average Bonchev–Trinajstić information content (AvgIpc) is 3.07. The van der Waals surface area contributed by atoms with Crippen molar-refractivity contribution in [1.29, 1.82) is 5.26 Å². The van der Waals surface area contributed by atoms with Gasteiger partial charge in [-0.15, -0.1) is 0 Å². The Bertz CT molecular complexity index is 573. The number of benzene rings is 1. The lowest BCUT2D eigenvalue weighted by Gasteiger charge is -2.11. The topological polar surface area (TPSA) is 62.6 Å². The summed E-state index contributed by atoms with van der Waals surface area (Å²) in [6, 6.07) is 9.88. The van der Waals surface area contributed by atoms with Gasteiger partial charge < -0.3 is 9.47 Å². The molecule has 112 valence electrons. The maximum Gasteiger partial charge on any atom is 0.357 e. The Hall–Kier alpha value is -1.86. The molecule has 2 unspecified atom stereocenters. The number of ether oxygens (including phenoxy) is 2. The van der Waals surface area contributed by atoms with Gasteiger partial charge in [0, 0.05) is 0 Å². The fourth-order valence-corrected chi connectivity index (χ4v) is 2.62. The molecule has 2 rings (SSSR count). The number of carbonyl (C=O) groups is 1. The average molecular weight is 287 g/mol. The van der Waals surface area contributed by atoms with E-state index in [0.29, 0.717) is 5.92 Å². The summed E-state index contributed by atoms with van der Waals surface area (Å²) < 4.78 is 10.5. The fraction of sp³-hybridized carbons (Fsp3) is 0.529. The zero-order valence-electron chi connectivity index (χ0n) is 13.0. The Labute approximate surface area is 125 Å². The van der Waals surface area contributed by atoms with Crippen LogP contribution in [0.5, 0.6) is 0 Å². The SMILES string of the molecule is CCOC(=O)C1(C#N)OC1(C)c1ccc(CC(C)C)cc1. The molecule has 1 aliphatic rings. The predicted molar refractivity (Wildman–Crippen MR) is 78.4 cm³/mol. The second kappa shape index (κ2) is 5.50. The van der Waals surface area contributed by atoms with Gasteiger partial charge >= 0.3 is 5.97 Å². The maximum absolute atomic E-state index is 12.0. The van der Waals surface area contributed by atoms with Crippen LogP contribution < -0.4 is 0 Å². The molecule has 0 N–H and O–H groups in total. The van der Waals surface area contributed by atoms with Gasteiger partial charge in [0.1, 0.15) is 11.7 Å². The molecule has 21 heavy (non-hydrogen) atoms. The van der Waals surface area contributed by atoms with Gasteiger partial charge in [0.2, 0.25) is 0 Å². The summed E-state index contributed by atoms with van der Waals surface area (Å²) in [6.45, 7) is 8.03. The quantitative estimate of drug-likeness (QED) is 0.617. The molecule has 2 atom stereocenters. The Morgan fingerprint density at radius 3 is 2.48 bits per heavy atom. The number of hydrogen-bond donors (Lipinski definition) is 0. The van der Waals surface area contributed by atoms with Crippen molar-refractivity contribution in [3.05, 3.63) is 35.4 Å². The third kappa shape index (κ3) is 2.54. The number of carbonyl (C=O) groups excluding carboxylic acids is 1. The lowest BCUT2D eigenvalue weighted by atomic mass is 9.87. The first-order valence-corrected chi connectivity index (χ1v) is 7.27. The standard InChI is InChI=1S/C17H21NO3/c1-5-20-15(19)17(11-18)16(4,21-17)14-8-6-13(7-9-14)10-12(2)3/h6-9,12H,5,10H2,1-4H3. The number of hydrogen-bond acceptors (Lipinski definition) is 4. The summed E-state index contributed by atoms with van der Waals surface area (Å²) >= 11 is 0. The van der Waals surface area contributed by atoms with Crippen molar-refractivity contribution in [3.8, 4) is 6.07 Å². The molecule has 0 amide bonds. The molecule has 1 aliphatic heterocycles. The van der Waals surface area contributed by atoms with Gasteiger partial charge in [-0.05, 0) is 37.3 Å². The fourth-order valence-electron chi connectivity index (χ4n) is 2.62. The van der Waals surface area contributed by atoms with E-state index >= 15 is 0 Å². The first kappa shape index (κ1) is 15.5. The van der Waals surface area contributed by atoms with E-state index in [9.17, 15) is 10.1 Å². The number of epoxide rings is 1. The molecule has 0 saturated carbocycles. The van der Waals surface area contributed by atoms with Gasteiger partial charge in [-0.3, -0.25) is 0 Å². The number of nitrogens with zero attached hydrogens (tertiary/aromatic N) is 1. The number of nitriles is 1. The minimum Gasteiger partial charge on any atom is -0.463 e. The number of esters is 1. The highest BCUT2D eigenvalue weighted by atomic mass is 16.7. The molecule has 1 fully saturated rings. The van der Waals surface area contributed by atoms with E-state index < -0.39 is 17.2 Å². The van der Waals surface area contributed by atoms with Crippen LogP contribution in [0.1, 0.15) is 38.8 Å². The van der Waals surface area contributed by atoms with E-state index in [1.54, 1.807) is 13.8 Å². The molecular weight excluding hydrogens is 266 g/mol.